The highest BCUT2D eigenvalue weighted by atomic mass is 16.5. The Morgan fingerprint density at radius 3 is 2.70 bits per heavy atom. The predicted molar refractivity (Wildman–Crippen MR) is 101 cm³/mol. The highest BCUT2D eigenvalue weighted by molar-refractivity contribution is 6.06. The lowest BCUT2D eigenvalue weighted by Gasteiger charge is -2.28. The summed E-state index contributed by atoms with van der Waals surface area (Å²) in [5, 5.41) is 7.25. The molecule has 0 fully saturated rings. The molecule has 0 saturated carbocycles. The van der Waals surface area contributed by atoms with Gasteiger partial charge in [-0.15, -0.1) is 0 Å². The van der Waals surface area contributed by atoms with Gasteiger partial charge in [-0.25, -0.2) is 9.59 Å². The Kier molecular flexibility index (Phi) is 4.19. The van der Waals surface area contributed by atoms with E-state index in [4.69, 9.17) is 4.74 Å². The van der Waals surface area contributed by atoms with Crippen LogP contribution in [0.15, 0.2) is 54.0 Å². The lowest BCUT2D eigenvalue weighted by atomic mass is 9.92. The van der Waals surface area contributed by atoms with E-state index in [2.05, 4.69) is 20.6 Å². The van der Waals surface area contributed by atoms with Gasteiger partial charge in [-0.05, 0) is 38.1 Å². The summed E-state index contributed by atoms with van der Waals surface area (Å²) in [6.07, 6.45) is 3.42. The fourth-order valence-electron chi connectivity index (χ4n) is 3.45. The van der Waals surface area contributed by atoms with Gasteiger partial charge in [-0.2, -0.15) is 0 Å². The number of nitrogens with zero attached hydrogens (tertiary/aromatic N) is 2. The molecule has 2 amide bonds. The molecule has 27 heavy (non-hydrogen) atoms. The van der Waals surface area contributed by atoms with Gasteiger partial charge in [0.1, 0.15) is 0 Å². The van der Waals surface area contributed by atoms with Crippen LogP contribution in [0.25, 0.3) is 21.8 Å². The maximum atomic E-state index is 12.6. The molecule has 0 radical (unpaired) electrons. The maximum absolute atomic E-state index is 12.6. The average molecular weight is 362 g/mol. The first-order valence-corrected chi connectivity index (χ1v) is 8.68. The second-order valence-electron chi connectivity index (χ2n) is 6.23. The minimum absolute atomic E-state index is 0.247. The first-order valence-electron chi connectivity index (χ1n) is 8.68. The zero-order chi connectivity index (χ0) is 19.0. The van der Waals surface area contributed by atoms with Crippen molar-refractivity contribution in [1.82, 2.24) is 20.6 Å². The van der Waals surface area contributed by atoms with Crippen molar-refractivity contribution in [2.24, 2.45) is 0 Å². The summed E-state index contributed by atoms with van der Waals surface area (Å²) >= 11 is 0. The quantitative estimate of drug-likeness (QED) is 0.552. The molecule has 2 aromatic heterocycles. The number of carbonyl (C=O) groups excluding carboxylic acids is 2. The van der Waals surface area contributed by atoms with E-state index in [9.17, 15) is 9.59 Å². The molecule has 3 heterocycles. The van der Waals surface area contributed by atoms with Crippen molar-refractivity contribution in [3.63, 3.8) is 0 Å². The zero-order valence-corrected chi connectivity index (χ0v) is 14.9. The van der Waals surface area contributed by atoms with Crippen molar-refractivity contribution in [3.05, 3.63) is 59.6 Å². The van der Waals surface area contributed by atoms with Gasteiger partial charge in [-0.1, -0.05) is 6.07 Å². The molecule has 1 unspecified atom stereocenters. The van der Waals surface area contributed by atoms with Crippen molar-refractivity contribution in [1.29, 1.82) is 0 Å². The first-order chi connectivity index (χ1) is 13.1. The van der Waals surface area contributed by atoms with E-state index in [0.717, 1.165) is 21.9 Å². The zero-order valence-electron chi connectivity index (χ0n) is 14.9. The molecule has 136 valence electrons. The molecule has 1 aliphatic rings. The maximum Gasteiger partial charge on any atom is 0.338 e. The minimum Gasteiger partial charge on any atom is -0.463 e. The lowest BCUT2D eigenvalue weighted by molar-refractivity contribution is -0.139. The SMILES string of the molecule is CCOC(=O)C1=C(C)NC(=O)NC1c1cc2cccnc2c2cccnc12. The summed E-state index contributed by atoms with van der Waals surface area (Å²) in [7, 11) is 0. The van der Waals surface area contributed by atoms with Crippen molar-refractivity contribution in [2.75, 3.05) is 6.61 Å². The topological polar surface area (TPSA) is 93.2 Å². The summed E-state index contributed by atoms with van der Waals surface area (Å²) in [5.41, 5.74) is 3.07. The molecule has 2 N–H and O–H groups in total. The number of pyridine rings is 2. The van der Waals surface area contributed by atoms with Crippen molar-refractivity contribution in [2.45, 2.75) is 19.9 Å². The van der Waals surface area contributed by atoms with E-state index in [0.29, 0.717) is 16.8 Å². The van der Waals surface area contributed by atoms with Gasteiger partial charge in [-0.3, -0.25) is 9.97 Å². The Bertz CT molecular complexity index is 1110. The summed E-state index contributed by atoms with van der Waals surface area (Å²) < 4.78 is 5.22. The molecular formula is C20H18N4O3. The van der Waals surface area contributed by atoms with Crippen LogP contribution in [0.4, 0.5) is 4.79 Å². The number of fused-ring (bicyclic) bond motifs is 3. The molecule has 1 aliphatic heterocycles. The van der Waals surface area contributed by atoms with Crippen LogP contribution in [-0.4, -0.2) is 28.6 Å². The third kappa shape index (κ3) is 2.87. The molecule has 0 aliphatic carbocycles. The molecule has 0 spiro atoms. The fourth-order valence-corrected chi connectivity index (χ4v) is 3.45. The number of carbonyl (C=O) groups is 2. The Balaban J connectivity index is 2.00. The van der Waals surface area contributed by atoms with E-state index in [1.54, 1.807) is 26.2 Å². The molecule has 0 saturated heterocycles. The number of amides is 2. The van der Waals surface area contributed by atoms with Gasteiger partial charge in [0.05, 0.1) is 29.3 Å². The van der Waals surface area contributed by atoms with E-state index < -0.39 is 12.0 Å². The van der Waals surface area contributed by atoms with E-state index in [1.165, 1.54) is 0 Å². The summed E-state index contributed by atoms with van der Waals surface area (Å²) in [6.45, 7) is 3.68. The molecule has 0 bridgehead atoms. The van der Waals surface area contributed by atoms with Crippen LogP contribution >= 0.6 is 0 Å². The van der Waals surface area contributed by atoms with Gasteiger partial charge in [0.15, 0.2) is 0 Å². The number of rotatable bonds is 3. The van der Waals surface area contributed by atoms with E-state index >= 15 is 0 Å². The van der Waals surface area contributed by atoms with Gasteiger partial charge < -0.3 is 15.4 Å². The largest absolute Gasteiger partial charge is 0.463 e. The van der Waals surface area contributed by atoms with Crippen molar-refractivity contribution < 1.29 is 14.3 Å². The Morgan fingerprint density at radius 1 is 1.19 bits per heavy atom. The van der Waals surface area contributed by atoms with Crippen LogP contribution in [0, 0.1) is 0 Å². The number of ether oxygens (including phenoxy) is 1. The monoisotopic (exact) mass is 362 g/mol. The Labute approximate surface area is 155 Å². The highest BCUT2D eigenvalue weighted by Gasteiger charge is 2.33. The number of aromatic nitrogens is 2. The van der Waals surface area contributed by atoms with Crippen LogP contribution in [0.3, 0.4) is 0 Å². The molecule has 7 nitrogen and oxygen atoms in total. The van der Waals surface area contributed by atoms with Crippen LogP contribution in [-0.2, 0) is 9.53 Å². The molecule has 3 aromatic rings. The first kappa shape index (κ1) is 17.0. The number of benzene rings is 1. The highest BCUT2D eigenvalue weighted by Crippen LogP contribution is 2.35. The third-order valence-corrected chi connectivity index (χ3v) is 4.56. The Morgan fingerprint density at radius 2 is 1.93 bits per heavy atom. The number of allylic oxidation sites excluding steroid dienone is 1. The normalized spacial score (nSPS) is 17.0. The van der Waals surface area contributed by atoms with Gasteiger partial charge in [0.25, 0.3) is 0 Å². The summed E-state index contributed by atoms with van der Waals surface area (Å²) in [6, 6.07) is 8.45. The molecule has 4 rings (SSSR count). The summed E-state index contributed by atoms with van der Waals surface area (Å²) in [5.74, 6) is -0.470. The van der Waals surface area contributed by atoms with E-state index in [1.807, 2.05) is 30.3 Å². The molecule has 7 heteroatoms. The second-order valence-corrected chi connectivity index (χ2v) is 6.23. The number of hydrogen-bond donors (Lipinski definition) is 2. The number of nitrogens with one attached hydrogen (secondary N) is 2. The van der Waals surface area contributed by atoms with Gasteiger partial charge >= 0.3 is 12.0 Å². The standard InChI is InChI=1S/C20H18N4O3/c1-3-27-19(25)15-11(2)23-20(26)24-18(15)14-10-12-6-4-8-21-16(12)13-7-5-9-22-17(13)14/h4-10,18H,3H2,1-2H3,(H2,23,24,26). The number of hydrogen-bond acceptors (Lipinski definition) is 5. The summed E-state index contributed by atoms with van der Waals surface area (Å²) in [4.78, 5) is 33.7. The van der Waals surface area contributed by atoms with Gasteiger partial charge in [0, 0.05) is 34.4 Å². The molecule has 1 aromatic carbocycles. The molecule has 1 atom stereocenters. The predicted octanol–water partition coefficient (Wildman–Crippen LogP) is 2.97. The third-order valence-electron chi connectivity index (χ3n) is 4.56. The van der Waals surface area contributed by atoms with Gasteiger partial charge in [0.2, 0.25) is 0 Å². The number of urea groups is 1. The van der Waals surface area contributed by atoms with E-state index in [-0.39, 0.29) is 12.6 Å². The van der Waals surface area contributed by atoms with Crippen LogP contribution in [0.1, 0.15) is 25.5 Å². The van der Waals surface area contributed by atoms with Crippen LogP contribution in [0.2, 0.25) is 0 Å². The molecular weight excluding hydrogens is 344 g/mol. The van der Waals surface area contributed by atoms with Crippen molar-refractivity contribution >= 4 is 33.8 Å². The second kappa shape index (κ2) is 6.68. The van der Waals surface area contributed by atoms with Crippen LogP contribution < -0.4 is 10.6 Å². The lowest BCUT2D eigenvalue weighted by Crippen LogP contribution is -2.45. The minimum atomic E-state index is -0.667. The number of esters is 1. The Hall–Kier alpha value is -3.48. The smallest absolute Gasteiger partial charge is 0.338 e. The van der Waals surface area contributed by atoms with Crippen molar-refractivity contribution in [3.8, 4) is 0 Å². The fraction of sp³-hybridized carbons (Fsp3) is 0.200. The average Bonchev–Trinajstić information content (AvgIpc) is 2.67. The van der Waals surface area contributed by atoms with Crippen LogP contribution in [0.5, 0.6) is 0 Å².